The zero-order valence-electron chi connectivity index (χ0n) is 39.4. The zero-order valence-corrected chi connectivity index (χ0v) is 39.4. The van der Waals surface area contributed by atoms with Crippen molar-refractivity contribution < 1.29 is 28.6 Å². The van der Waals surface area contributed by atoms with Crippen LogP contribution in [0.4, 0.5) is 0 Å². The molecule has 0 fully saturated rings. The number of allylic oxidation sites excluding steroid dienone is 16. The molecule has 0 aromatic carbocycles. The van der Waals surface area contributed by atoms with Gasteiger partial charge >= 0.3 is 17.9 Å². The van der Waals surface area contributed by atoms with Crippen molar-refractivity contribution in [2.75, 3.05) is 13.2 Å². The molecule has 0 radical (unpaired) electrons. The lowest BCUT2D eigenvalue weighted by atomic mass is 10.1. The molecule has 0 aliphatic carbocycles. The number of carbonyl (C=O) groups excluding carboxylic acids is 3. The Bertz CT molecular complexity index is 1250. The van der Waals surface area contributed by atoms with Crippen LogP contribution in [0.15, 0.2) is 97.2 Å². The van der Waals surface area contributed by atoms with Gasteiger partial charge in [-0.15, -0.1) is 0 Å². The van der Waals surface area contributed by atoms with E-state index in [0.717, 1.165) is 116 Å². The Hall–Kier alpha value is -3.67. The Morgan fingerprint density at radius 2 is 0.738 bits per heavy atom. The Labute approximate surface area is 375 Å². The lowest BCUT2D eigenvalue weighted by Gasteiger charge is -2.18. The van der Waals surface area contributed by atoms with Gasteiger partial charge in [-0.25, -0.2) is 0 Å². The fourth-order valence-electron chi connectivity index (χ4n) is 6.49. The highest BCUT2D eigenvalue weighted by Gasteiger charge is 2.19. The van der Waals surface area contributed by atoms with E-state index in [4.69, 9.17) is 14.2 Å². The van der Waals surface area contributed by atoms with Crippen LogP contribution >= 0.6 is 0 Å². The smallest absolute Gasteiger partial charge is 0.306 e. The van der Waals surface area contributed by atoms with E-state index in [-0.39, 0.29) is 31.1 Å². The van der Waals surface area contributed by atoms with Crippen LogP contribution in [0.25, 0.3) is 0 Å². The highest BCUT2D eigenvalue weighted by Crippen LogP contribution is 2.14. The van der Waals surface area contributed by atoms with Gasteiger partial charge in [0.1, 0.15) is 13.2 Å². The summed E-state index contributed by atoms with van der Waals surface area (Å²) >= 11 is 0. The fourth-order valence-corrected chi connectivity index (χ4v) is 6.49. The van der Waals surface area contributed by atoms with Crippen LogP contribution in [0.3, 0.4) is 0 Å². The third-order valence-corrected chi connectivity index (χ3v) is 10.2. The monoisotopic (exact) mass is 847 g/mol. The summed E-state index contributed by atoms with van der Waals surface area (Å²) in [5, 5.41) is 0. The van der Waals surface area contributed by atoms with Gasteiger partial charge in [0.2, 0.25) is 0 Å². The predicted octanol–water partition coefficient (Wildman–Crippen LogP) is 16.2. The molecule has 0 saturated carbocycles. The van der Waals surface area contributed by atoms with E-state index < -0.39 is 6.10 Å². The quantitative estimate of drug-likeness (QED) is 0.0200. The maximum atomic E-state index is 12.8. The Morgan fingerprint density at radius 3 is 1.21 bits per heavy atom. The molecule has 0 aliphatic rings. The van der Waals surface area contributed by atoms with Crippen molar-refractivity contribution in [2.45, 2.75) is 219 Å². The second-order valence-electron chi connectivity index (χ2n) is 16.1. The van der Waals surface area contributed by atoms with Crippen LogP contribution in [0.2, 0.25) is 0 Å². The van der Waals surface area contributed by atoms with Crippen LogP contribution in [0.1, 0.15) is 213 Å². The third-order valence-electron chi connectivity index (χ3n) is 10.2. The Balaban J connectivity index is 4.47. The first kappa shape index (κ1) is 57.3. The van der Waals surface area contributed by atoms with E-state index in [0.29, 0.717) is 19.3 Å². The summed E-state index contributed by atoms with van der Waals surface area (Å²) in [5.74, 6) is -0.949. The van der Waals surface area contributed by atoms with E-state index in [1.54, 1.807) is 0 Å². The Morgan fingerprint density at radius 1 is 0.361 bits per heavy atom. The van der Waals surface area contributed by atoms with Crippen LogP contribution < -0.4 is 0 Å². The van der Waals surface area contributed by atoms with E-state index in [1.807, 2.05) is 30.4 Å². The van der Waals surface area contributed by atoms with E-state index >= 15 is 0 Å². The van der Waals surface area contributed by atoms with Crippen LogP contribution in [0, 0.1) is 0 Å². The molecule has 0 N–H and O–H groups in total. The number of hydrogen-bond acceptors (Lipinski definition) is 6. The molecule has 1 unspecified atom stereocenters. The molecule has 0 heterocycles. The first-order valence-electron chi connectivity index (χ1n) is 24.8. The number of ether oxygens (including phenoxy) is 3. The van der Waals surface area contributed by atoms with Gasteiger partial charge in [0, 0.05) is 19.3 Å². The van der Waals surface area contributed by atoms with E-state index in [9.17, 15) is 14.4 Å². The second-order valence-corrected chi connectivity index (χ2v) is 16.1. The van der Waals surface area contributed by atoms with Gasteiger partial charge in [-0.1, -0.05) is 221 Å². The molecule has 6 nitrogen and oxygen atoms in total. The van der Waals surface area contributed by atoms with Crippen molar-refractivity contribution in [2.24, 2.45) is 0 Å². The first-order chi connectivity index (χ1) is 30.0. The molecule has 0 aromatic heterocycles. The highest BCUT2D eigenvalue weighted by atomic mass is 16.6. The number of carbonyl (C=O) groups is 3. The van der Waals surface area contributed by atoms with Crippen molar-refractivity contribution in [3.8, 4) is 0 Å². The van der Waals surface area contributed by atoms with Crippen molar-refractivity contribution in [3.63, 3.8) is 0 Å². The minimum Gasteiger partial charge on any atom is -0.462 e. The first-order valence-corrected chi connectivity index (χ1v) is 24.8. The molecule has 0 aliphatic heterocycles. The standard InChI is InChI=1S/C55H90O6/c1-4-7-10-13-16-19-22-24-26-27-28-29-31-33-36-39-42-45-48-54(57)60-51-52(50-59-53(56)47-44-41-38-35-32-21-18-15-12-9-6-3)61-55(58)49-46-43-40-37-34-30-25-23-20-17-14-11-8-5-2/h8,10-11,13,16-17,19-20,22,24-30,52H,4-7,9,12,14-15,18,21,23,31-51H2,1-3H3/b11-8-,13-10-,19-16-,20-17-,24-22-,27-26-,29-28-,30-25-. The average molecular weight is 847 g/mol. The van der Waals surface area contributed by atoms with Crippen LogP contribution in [-0.4, -0.2) is 37.2 Å². The lowest BCUT2D eigenvalue weighted by molar-refractivity contribution is -0.167. The fraction of sp³-hybridized carbons (Fsp3) is 0.655. The summed E-state index contributed by atoms with van der Waals surface area (Å²) in [6.45, 7) is 6.37. The second kappa shape index (κ2) is 49.0. The number of esters is 3. The van der Waals surface area contributed by atoms with E-state index in [1.165, 1.54) is 57.8 Å². The molecule has 0 amide bonds. The third kappa shape index (κ3) is 47.2. The molecule has 0 bridgehead atoms. The minimum absolute atomic E-state index is 0.0951. The van der Waals surface area contributed by atoms with Gasteiger partial charge in [0.05, 0.1) is 0 Å². The molecular weight excluding hydrogens is 757 g/mol. The number of rotatable bonds is 43. The normalized spacial score (nSPS) is 12.9. The lowest BCUT2D eigenvalue weighted by Crippen LogP contribution is -2.30. The molecule has 0 rings (SSSR count). The summed E-state index contributed by atoms with van der Waals surface area (Å²) in [6.07, 6.45) is 63.8. The summed E-state index contributed by atoms with van der Waals surface area (Å²) < 4.78 is 16.7. The molecule has 1 atom stereocenters. The van der Waals surface area contributed by atoms with Gasteiger partial charge in [0.15, 0.2) is 6.10 Å². The van der Waals surface area contributed by atoms with Gasteiger partial charge < -0.3 is 14.2 Å². The maximum absolute atomic E-state index is 12.8. The predicted molar refractivity (Wildman–Crippen MR) is 260 cm³/mol. The van der Waals surface area contributed by atoms with Crippen molar-refractivity contribution in [3.05, 3.63) is 97.2 Å². The summed E-state index contributed by atoms with van der Waals surface area (Å²) in [6, 6.07) is 0. The summed E-state index contributed by atoms with van der Waals surface area (Å²) in [5.41, 5.74) is 0. The molecular formula is C55H90O6. The molecule has 6 heteroatoms. The summed E-state index contributed by atoms with van der Waals surface area (Å²) in [7, 11) is 0. The molecule has 0 saturated heterocycles. The van der Waals surface area contributed by atoms with Crippen LogP contribution in [-0.2, 0) is 28.6 Å². The van der Waals surface area contributed by atoms with Gasteiger partial charge in [-0.05, 0) is 70.6 Å². The SMILES string of the molecule is CC/C=C\C/C=C\C/C=C\CCCCCCC(=O)OC(COC(=O)CCCCCCC\C=C/C=C\C=C/C=C\C=C/CCC)COC(=O)CCCCCCCCCCCCC. The van der Waals surface area contributed by atoms with E-state index in [2.05, 4.69) is 87.6 Å². The highest BCUT2D eigenvalue weighted by molar-refractivity contribution is 5.71. The molecule has 0 spiro atoms. The molecule has 61 heavy (non-hydrogen) atoms. The van der Waals surface area contributed by atoms with Crippen molar-refractivity contribution >= 4 is 17.9 Å². The van der Waals surface area contributed by atoms with Crippen molar-refractivity contribution in [1.82, 2.24) is 0 Å². The van der Waals surface area contributed by atoms with Gasteiger partial charge in [-0.2, -0.15) is 0 Å². The Kier molecular flexibility index (Phi) is 46.0. The number of unbranched alkanes of at least 4 members (excludes halogenated alkanes) is 20. The topological polar surface area (TPSA) is 78.9 Å². The van der Waals surface area contributed by atoms with Crippen molar-refractivity contribution in [1.29, 1.82) is 0 Å². The largest absolute Gasteiger partial charge is 0.462 e. The van der Waals surface area contributed by atoms with Gasteiger partial charge in [-0.3, -0.25) is 14.4 Å². The minimum atomic E-state index is -0.798. The summed E-state index contributed by atoms with van der Waals surface area (Å²) in [4.78, 5) is 37.9. The zero-order chi connectivity index (χ0) is 44.4. The van der Waals surface area contributed by atoms with Gasteiger partial charge in [0.25, 0.3) is 0 Å². The average Bonchev–Trinajstić information content (AvgIpc) is 3.26. The molecule has 346 valence electrons. The maximum Gasteiger partial charge on any atom is 0.306 e. The van der Waals surface area contributed by atoms with Crippen LogP contribution in [0.5, 0.6) is 0 Å². The molecule has 0 aromatic rings. The number of hydrogen-bond donors (Lipinski definition) is 0.